The predicted octanol–water partition coefficient (Wildman–Crippen LogP) is 1.52. The summed E-state index contributed by atoms with van der Waals surface area (Å²) in [7, 11) is 0. The number of hydrogen-bond donors (Lipinski definition) is 1. The number of rotatable bonds is 3. The van der Waals surface area contributed by atoms with Gasteiger partial charge in [-0.2, -0.15) is 0 Å². The van der Waals surface area contributed by atoms with Crippen LogP contribution in [0.15, 0.2) is 5.38 Å². The molecule has 2 saturated heterocycles. The number of morpholine rings is 2. The van der Waals surface area contributed by atoms with Crippen LogP contribution in [-0.2, 0) is 9.47 Å². The summed E-state index contributed by atoms with van der Waals surface area (Å²) in [5.74, 6) is 0.565. The minimum atomic E-state index is 0.565. The van der Waals surface area contributed by atoms with E-state index in [2.05, 4.69) is 20.2 Å². The van der Waals surface area contributed by atoms with E-state index in [1.165, 1.54) is 0 Å². The maximum Gasteiger partial charge on any atom is 0.188 e. The van der Waals surface area contributed by atoms with Crippen molar-refractivity contribution in [3.8, 4) is 10.6 Å². The molecular weight excluding hydrogens is 334 g/mol. The summed E-state index contributed by atoms with van der Waals surface area (Å²) in [6.45, 7) is 6.52. The molecule has 0 aromatic carbocycles. The molecule has 0 unspecified atom stereocenters. The van der Waals surface area contributed by atoms with E-state index >= 15 is 0 Å². The summed E-state index contributed by atoms with van der Waals surface area (Å²) < 4.78 is 10.8. The first-order valence-corrected chi connectivity index (χ1v) is 9.38. The molecule has 2 aromatic rings. The van der Waals surface area contributed by atoms with Crippen molar-refractivity contribution in [2.24, 2.45) is 0 Å². The standard InChI is InChI=1S/C14H19N5O2S2/c15-12-11(23-14(17-12)19-3-7-21-8-4-19)10-9-22-13(16-10)18-1-5-20-6-2-18/h9H,1-8,15H2. The normalized spacial score (nSPS) is 19.3. The molecule has 124 valence electrons. The highest BCUT2D eigenvalue weighted by Gasteiger charge is 2.21. The lowest BCUT2D eigenvalue weighted by atomic mass is 10.4. The van der Waals surface area contributed by atoms with Gasteiger partial charge in [0.05, 0.1) is 37.0 Å². The predicted molar refractivity (Wildman–Crippen MR) is 93.7 cm³/mol. The molecule has 0 amide bonds. The fourth-order valence-electron chi connectivity index (χ4n) is 2.66. The minimum absolute atomic E-state index is 0.565. The van der Waals surface area contributed by atoms with Crippen LogP contribution in [-0.4, -0.2) is 62.6 Å². The highest BCUT2D eigenvalue weighted by atomic mass is 32.1. The van der Waals surface area contributed by atoms with Crippen molar-refractivity contribution < 1.29 is 9.47 Å². The number of nitrogen functional groups attached to an aromatic ring is 1. The van der Waals surface area contributed by atoms with Gasteiger partial charge in [0, 0.05) is 31.6 Å². The fourth-order valence-corrected chi connectivity index (χ4v) is 4.60. The molecule has 0 aliphatic carbocycles. The Balaban J connectivity index is 1.55. The smallest absolute Gasteiger partial charge is 0.188 e. The number of anilines is 3. The molecule has 0 saturated carbocycles. The second-order valence-electron chi connectivity index (χ2n) is 5.42. The van der Waals surface area contributed by atoms with E-state index in [1.54, 1.807) is 22.7 Å². The molecule has 23 heavy (non-hydrogen) atoms. The average molecular weight is 353 g/mol. The van der Waals surface area contributed by atoms with Gasteiger partial charge in [-0.05, 0) is 0 Å². The second-order valence-corrected chi connectivity index (χ2v) is 7.24. The van der Waals surface area contributed by atoms with Crippen molar-refractivity contribution in [2.45, 2.75) is 0 Å². The van der Waals surface area contributed by atoms with E-state index in [0.29, 0.717) is 5.82 Å². The number of nitrogens with zero attached hydrogens (tertiary/aromatic N) is 4. The van der Waals surface area contributed by atoms with Crippen LogP contribution in [0.4, 0.5) is 16.1 Å². The first-order valence-electron chi connectivity index (χ1n) is 7.69. The van der Waals surface area contributed by atoms with E-state index in [-0.39, 0.29) is 0 Å². The lowest BCUT2D eigenvalue weighted by Crippen LogP contribution is -2.36. The van der Waals surface area contributed by atoms with Crippen LogP contribution in [0.1, 0.15) is 0 Å². The maximum absolute atomic E-state index is 6.14. The Labute approximate surface area is 142 Å². The molecule has 2 aliphatic rings. The number of thiazole rings is 2. The largest absolute Gasteiger partial charge is 0.382 e. The average Bonchev–Trinajstić information content (AvgIpc) is 3.23. The monoisotopic (exact) mass is 353 g/mol. The molecule has 0 atom stereocenters. The van der Waals surface area contributed by atoms with Crippen molar-refractivity contribution in [2.75, 3.05) is 68.1 Å². The third kappa shape index (κ3) is 3.14. The summed E-state index contributed by atoms with van der Waals surface area (Å²) in [5, 5.41) is 4.06. The SMILES string of the molecule is Nc1nc(N2CCOCC2)sc1-c1csc(N2CCOCC2)n1. The van der Waals surface area contributed by atoms with Crippen LogP contribution >= 0.6 is 22.7 Å². The highest BCUT2D eigenvalue weighted by molar-refractivity contribution is 7.20. The van der Waals surface area contributed by atoms with Gasteiger partial charge in [0.15, 0.2) is 10.3 Å². The van der Waals surface area contributed by atoms with Crippen LogP contribution < -0.4 is 15.5 Å². The van der Waals surface area contributed by atoms with Crippen molar-refractivity contribution in [3.63, 3.8) is 0 Å². The molecule has 4 rings (SSSR count). The van der Waals surface area contributed by atoms with E-state index in [1.807, 2.05) is 0 Å². The quantitative estimate of drug-likeness (QED) is 0.896. The van der Waals surface area contributed by atoms with Gasteiger partial charge in [-0.1, -0.05) is 11.3 Å². The lowest BCUT2D eigenvalue weighted by Gasteiger charge is -2.26. The molecule has 2 aromatic heterocycles. The van der Waals surface area contributed by atoms with E-state index in [9.17, 15) is 0 Å². The van der Waals surface area contributed by atoms with E-state index in [4.69, 9.17) is 20.2 Å². The van der Waals surface area contributed by atoms with E-state index < -0.39 is 0 Å². The molecule has 2 aliphatic heterocycles. The molecule has 4 heterocycles. The summed E-state index contributed by atoms with van der Waals surface area (Å²) in [6.07, 6.45) is 0. The van der Waals surface area contributed by atoms with Gasteiger partial charge in [0.1, 0.15) is 5.82 Å². The van der Waals surface area contributed by atoms with Gasteiger partial charge in [0.2, 0.25) is 0 Å². The Kier molecular flexibility index (Phi) is 4.34. The molecule has 9 heteroatoms. The summed E-state index contributed by atoms with van der Waals surface area (Å²) in [6, 6.07) is 0. The zero-order valence-electron chi connectivity index (χ0n) is 12.7. The summed E-state index contributed by atoms with van der Waals surface area (Å²) in [5.41, 5.74) is 7.06. The van der Waals surface area contributed by atoms with Crippen molar-refractivity contribution in [3.05, 3.63) is 5.38 Å². The topological polar surface area (TPSA) is 76.7 Å². The molecular formula is C14H19N5O2S2. The van der Waals surface area contributed by atoms with E-state index in [0.717, 1.165) is 73.4 Å². The van der Waals surface area contributed by atoms with Gasteiger partial charge < -0.3 is 25.0 Å². The van der Waals surface area contributed by atoms with Gasteiger partial charge in [-0.3, -0.25) is 0 Å². The molecule has 2 N–H and O–H groups in total. The minimum Gasteiger partial charge on any atom is -0.382 e. The third-order valence-electron chi connectivity index (χ3n) is 3.93. The van der Waals surface area contributed by atoms with Crippen LogP contribution in [0.5, 0.6) is 0 Å². The Morgan fingerprint density at radius 2 is 1.52 bits per heavy atom. The van der Waals surface area contributed by atoms with Crippen LogP contribution in [0.2, 0.25) is 0 Å². The number of ether oxygens (including phenoxy) is 2. The number of nitrogens with two attached hydrogens (primary N) is 1. The lowest BCUT2D eigenvalue weighted by molar-refractivity contribution is 0.122. The molecule has 7 nitrogen and oxygen atoms in total. The van der Waals surface area contributed by atoms with Gasteiger partial charge in [-0.25, -0.2) is 9.97 Å². The molecule has 2 fully saturated rings. The molecule has 0 radical (unpaired) electrons. The third-order valence-corrected chi connectivity index (χ3v) is 5.99. The Bertz CT molecular complexity index is 662. The van der Waals surface area contributed by atoms with Gasteiger partial charge in [0.25, 0.3) is 0 Å². The van der Waals surface area contributed by atoms with Gasteiger partial charge in [-0.15, -0.1) is 11.3 Å². The summed E-state index contributed by atoms with van der Waals surface area (Å²) in [4.78, 5) is 14.7. The Morgan fingerprint density at radius 3 is 2.17 bits per heavy atom. The van der Waals surface area contributed by atoms with Gasteiger partial charge >= 0.3 is 0 Å². The van der Waals surface area contributed by atoms with Crippen LogP contribution in [0.25, 0.3) is 10.6 Å². The second kappa shape index (κ2) is 6.60. The fraction of sp³-hybridized carbons (Fsp3) is 0.571. The first kappa shape index (κ1) is 15.1. The first-order chi connectivity index (χ1) is 11.3. The number of hydrogen-bond acceptors (Lipinski definition) is 9. The van der Waals surface area contributed by atoms with Crippen molar-refractivity contribution in [1.82, 2.24) is 9.97 Å². The van der Waals surface area contributed by atoms with Crippen LogP contribution in [0, 0.1) is 0 Å². The Hall–Kier alpha value is -1.42. The van der Waals surface area contributed by atoms with Crippen molar-refractivity contribution >= 4 is 38.8 Å². The molecule has 0 spiro atoms. The zero-order valence-corrected chi connectivity index (χ0v) is 14.4. The van der Waals surface area contributed by atoms with Crippen molar-refractivity contribution in [1.29, 1.82) is 0 Å². The van der Waals surface area contributed by atoms with Crippen LogP contribution in [0.3, 0.4) is 0 Å². The zero-order chi connectivity index (χ0) is 15.6. The molecule has 0 bridgehead atoms. The number of aromatic nitrogens is 2. The Morgan fingerprint density at radius 1 is 0.913 bits per heavy atom. The highest BCUT2D eigenvalue weighted by Crippen LogP contribution is 2.38. The maximum atomic E-state index is 6.14. The summed E-state index contributed by atoms with van der Waals surface area (Å²) >= 11 is 3.27.